The number of nitrogens with zero attached hydrogens (tertiary/aromatic N) is 3. The highest BCUT2D eigenvalue weighted by molar-refractivity contribution is 5.78. The molecule has 5 nitrogen and oxygen atoms in total. The quantitative estimate of drug-likeness (QED) is 0.844. The van der Waals surface area contributed by atoms with Gasteiger partial charge in [0.05, 0.1) is 12.3 Å². The molecule has 0 saturated carbocycles. The maximum absolute atomic E-state index is 9.38. The first kappa shape index (κ1) is 14.9. The molecular formula is C15H24N4O. The predicted octanol–water partition coefficient (Wildman–Crippen LogP) is 1.77. The zero-order valence-corrected chi connectivity index (χ0v) is 12.7. The second-order valence-electron chi connectivity index (χ2n) is 5.81. The Hall–Kier alpha value is -1.46. The monoisotopic (exact) mass is 276 g/mol. The molecule has 2 aromatic rings. The van der Waals surface area contributed by atoms with Crippen molar-refractivity contribution in [3.05, 3.63) is 23.5 Å². The van der Waals surface area contributed by atoms with Crippen molar-refractivity contribution in [3.63, 3.8) is 0 Å². The van der Waals surface area contributed by atoms with Crippen molar-refractivity contribution in [2.45, 2.75) is 39.8 Å². The zero-order chi connectivity index (χ0) is 14.7. The summed E-state index contributed by atoms with van der Waals surface area (Å²) < 4.78 is 1.80. The van der Waals surface area contributed by atoms with Crippen LogP contribution in [-0.4, -0.2) is 32.5 Å². The minimum Gasteiger partial charge on any atom is -0.395 e. The first-order valence-corrected chi connectivity index (χ1v) is 7.13. The van der Waals surface area contributed by atoms with Gasteiger partial charge < -0.3 is 10.4 Å². The molecule has 2 N–H and O–H groups in total. The lowest BCUT2D eigenvalue weighted by Crippen LogP contribution is -2.33. The van der Waals surface area contributed by atoms with Crippen molar-refractivity contribution in [1.29, 1.82) is 0 Å². The highest BCUT2D eigenvalue weighted by atomic mass is 16.3. The fourth-order valence-electron chi connectivity index (χ4n) is 2.50. The van der Waals surface area contributed by atoms with E-state index in [4.69, 9.17) is 0 Å². The third-order valence-electron chi connectivity index (χ3n) is 3.49. The Morgan fingerprint density at radius 1 is 1.40 bits per heavy atom. The van der Waals surface area contributed by atoms with Crippen molar-refractivity contribution in [1.82, 2.24) is 20.1 Å². The Balaban J connectivity index is 2.08. The molecule has 1 unspecified atom stereocenters. The molecule has 2 rings (SSSR count). The maximum atomic E-state index is 9.38. The van der Waals surface area contributed by atoms with Crippen molar-refractivity contribution in [2.75, 3.05) is 6.61 Å². The summed E-state index contributed by atoms with van der Waals surface area (Å²) in [5.41, 5.74) is 3.03. The van der Waals surface area contributed by atoms with Crippen molar-refractivity contribution in [3.8, 4) is 0 Å². The highest BCUT2D eigenvalue weighted by Gasteiger charge is 2.11. The summed E-state index contributed by atoms with van der Waals surface area (Å²) in [7, 11) is 1.91. The fourth-order valence-corrected chi connectivity index (χ4v) is 2.50. The summed E-state index contributed by atoms with van der Waals surface area (Å²) in [6.07, 6.45) is 2.85. The van der Waals surface area contributed by atoms with Gasteiger partial charge in [-0.2, -0.15) is 5.10 Å². The predicted molar refractivity (Wildman–Crippen MR) is 80.4 cm³/mol. The van der Waals surface area contributed by atoms with E-state index in [0.717, 1.165) is 35.3 Å². The Morgan fingerprint density at radius 3 is 2.80 bits per heavy atom. The van der Waals surface area contributed by atoms with Crippen LogP contribution in [0.25, 0.3) is 11.0 Å². The number of hydrogen-bond acceptors (Lipinski definition) is 4. The van der Waals surface area contributed by atoms with Gasteiger partial charge in [-0.1, -0.05) is 13.8 Å². The average molecular weight is 276 g/mol. The molecule has 0 radical (unpaired) electrons. The Kier molecular flexibility index (Phi) is 4.73. The molecule has 0 bridgehead atoms. The Bertz CT molecular complexity index is 577. The molecule has 110 valence electrons. The van der Waals surface area contributed by atoms with Crippen LogP contribution in [0.2, 0.25) is 0 Å². The summed E-state index contributed by atoms with van der Waals surface area (Å²) in [4.78, 5) is 4.46. The van der Waals surface area contributed by atoms with Gasteiger partial charge in [-0.15, -0.1) is 0 Å². The molecule has 0 aliphatic rings. The minimum atomic E-state index is 0.140. The van der Waals surface area contributed by atoms with E-state index in [0.29, 0.717) is 5.92 Å². The molecule has 2 aromatic heterocycles. The molecule has 0 aromatic carbocycles. The number of fused-ring (bicyclic) bond motifs is 1. The van der Waals surface area contributed by atoms with Crippen molar-refractivity contribution >= 4 is 11.0 Å². The van der Waals surface area contributed by atoms with Crippen LogP contribution in [0.4, 0.5) is 0 Å². The van der Waals surface area contributed by atoms with Gasteiger partial charge in [0.25, 0.3) is 0 Å². The summed E-state index contributed by atoms with van der Waals surface area (Å²) in [6, 6.07) is 2.27. The van der Waals surface area contributed by atoms with E-state index in [9.17, 15) is 5.11 Å². The molecule has 0 fully saturated rings. The zero-order valence-electron chi connectivity index (χ0n) is 12.7. The summed E-state index contributed by atoms with van der Waals surface area (Å²) in [5, 5.41) is 18.2. The number of hydrogen-bond donors (Lipinski definition) is 2. The van der Waals surface area contributed by atoms with E-state index in [2.05, 4.69) is 35.3 Å². The topological polar surface area (TPSA) is 63.0 Å². The first-order valence-electron chi connectivity index (χ1n) is 7.13. The van der Waals surface area contributed by atoms with E-state index in [1.807, 2.05) is 20.2 Å². The molecule has 0 spiro atoms. The molecule has 0 aliphatic heterocycles. The van der Waals surface area contributed by atoms with Crippen LogP contribution in [0.1, 0.15) is 31.5 Å². The summed E-state index contributed by atoms with van der Waals surface area (Å²) >= 11 is 0. The summed E-state index contributed by atoms with van der Waals surface area (Å²) in [5.74, 6) is 0.570. The highest BCUT2D eigenvalue weighted by Crippen LogP contribution is 2.16. The van der Waals surface area contributed by atoms with Gasteiger partial charge in [0.1, 0.15) is 0 Å². The summed E-state index contributed by atoms with van der Waals surface area (Å²) in [6.45, 7) is 7.21. The van der Waals surface area contributed by atoms with Crippen LogP contribution in [-0.2, 0) is 13.6 Å². The van der Waals surface area contributed by atoms with Gasteiger partial charge in [0.2, 0.25) is 0 Å². The lowest BCUT2D eigenvalue weighted by molar-refractivity contribution is 0.223. The van der Waals surface area contributed by atoms with Gasteiger partial charge in [-0.3, -0.25) is 4.68 Å². The molecule has 0 amide bonds. The normalized spacial score (nSPS) is 13.3. The van der Waals surface area contributed by atoms with Crippen molar-refractivity contribution in [2.24, 2.45) is 13.0 Å². The van der Waals surface area contributed by atoms with Gasteiger partial charge in [0, 0.05) is 31.2 Å². The molecule has 2 heterocycles. The average Bonchev–Trinajstić information content (AvgIpc) is 2.69. The van der Waals surface area contributed by atoms with Crippen LogP contribution >= 0.6 is 0 Å². The van der Waals surface area contributed by atoms with Gasteiger partial charge in [0.15, 0.2) is 5.65 Å². The van der Waals surface area contributed by atoms with E-state index in [1.54, 1.807) is 4.68 Å². The van der Waals surface area contributed by atoms with Crippen LogP contribution in [0, 0.1) is 12.8 Å². The van der Waals surface area contributed by atoms with Crippen LogP contribution in [0.5, 0.6) is 0 Å². The Labute approximate surface area is 120 Å². The minimum absolute atomic E-state index is 0.140. The molecule has 0 saturated heterocycles. The van der Waals surface area contributed by atoms with Gasteiger partial charge in [-0.05, 0) is 30.9 Å². The van der Waals surface area contributed by atoms with Gasteiger partial charge in [-0.25, -0.2) is 4.98 Å². The van der Waals surface area contributed by atoms with E-state index in [-0.39, 0.29) is 12.6 Å². The standard InChI is InChI=1S/C15H24N4O/c1-10(2)5-13(9-20)16-7-12-6-14-11(3)18-19(4)15(14)17-8-12/h6,8,10,13,16,20H,5,7,9H2,1-4H3. The van der Waals surface area contributed by atoms with E-state index in [1.165, 1.54) is 0 Å². The third kappa shape index (κ3) is 3.35. The van der Waals surface area contributed by atoms with Crippen molar-refractivity contribution < 1.29 is 5.11 Å². The number of aliphatic hydroxyl groups excluding tert-OH is 1. The second kappa shape index (κ2) is 6.33. The SMILES string of the molecule is Cc1nn(C)c2ncc(CNC(CO)CC(C)C)cc12. The van der Waals surface area contributed by atoms with E-state index < -0.39 is 0 Å². The number of pyridine rings is 1. The van der Waals surface area contributed by atoms with Gasteiger partial charge >= 0.3 is 0 Å². The van der Waals surface area contributed by atoms with Crippen LogP contribution in [0.15, 0.2) is 12.3 Å². The number of aryl methyl sites for hydroxylation is 2. The lowest BCUT2D eigenvalue weighted by atomic mass is 10.0. The number of aromatic nitrogens is 3. The maximum Gasteiger partial charge on any atom is 0.157 e. The molecule has 0 aliphatic carbocycles. The largest absolute Gasteiger partial charge is 0.395 e. The number of nitrogens with one attached hydrogen (secondary N) is 1. The fraction of sp³-hybridized carbons (Fsp3) is 0.600. The second-order valence-corrected chi connectivity index (χ2v) is 5.81. The number of aliphatic hydroxyl groups is 1. The number of rotatable bonds is 6. The molecule has 20 heavy (non-hydrogen) atoms. The Morgan fingerprint density at radius 2 is 2.15 bits per heavy atom. The van der Waals surface area contributed by atoms with Crippen LogP contribution in [0.3, 0.4) is 0 Å². The molecule has 5 heteroatoms. The first-order chi connectivity index (χ1) is 9.51. The smallest absolute Gasteiger partial charge is 0.157 e. The lowest BCUT2D eigenvalue weighted by Gasteiger charge is -2.18. The molecule has 1 atom stereocenters. The molecular weight excluding hydrogens is 252 g/mol. The van der Waals surface area contributed by atoms with Crippen LogP contribution < -0.4 is 5.32 Å². The van der Waals surface area contributed by atoms with E-state index >= 15 is 0 Å². The third-order valence-corrected chi connectivity index (χ3v) is 3.49.